The molecule has 0 amide bonds. The minimum atomic E-state index is -2.04. The average molecular weight is 354 g/mol. The topological polar surface area (TPSA) is 123 Å². The third-order valence-corrected chi connectivity index (χ3v) is 4.30. The maximum atomic E-state index is 12.5. The van der Waals surface area contributed by atoms with E-state index in [-0.39, 0.29) is 30.6 Å². The number of Topliss-reactive ketones (excluding diaryl/α,β-unsaturated/α-hetero) is 2. The Balaban J connectivity index is 2.01. The van der Waals surface area contributed by atoms with E-state index in [0.717, 1.165) is 0 Å². The number of ketones is 2. The van der Waals surface area contributed by atoms with Crippen LogP contribution in [-0.4, -0.2) is 34.2 Å². The second-order valence-corrected chi connectivity index (χ2v) is 6.20. The van der Waals surface area contributed by atoms with E-state index in [1.165, 1.54) is 12.1 Å². The average Bonchev–Trinajstić information content (AvgIpc) is 2.67. The van der Waals surface area contributed by atoms with Crippen molar-refractivity contribution in [2.24, 2.45) is 11.5 Å². The molecule has 0 fully saturated rings. The number of hydrogen-bond donors (Lipinski definition) is 3. The molecule has 2 atom stereocenters. The number of nitrogens with two attached hydrogens (primary N) is 2. The lowest BCUT2D eigenvalue weighted by Gasteiger charge is -2.24. The van der Waals surface area contributed by atoms with Gasteiger partial charge in [-0.1, -0.05) is 60.7 Å². The third-order valence-electron chi connectivity index (χ3n) is 4.30. The van der Waals surface area contributed by atoms with Crippen molar-refractivity contribution in [3.8, 4) is 0 Å². The molecule has 5 N–H and O–H groups in total. The Kier molecular flexibility index (Phi) is 6.38. The standard InChI is InChI=1S/C20H22N2O4/c21-16(17(23)14-8-3-1-4-9-14)12-7-13-20(22,19(25)26)18(24)15-10-5-2-6-11-15/h1-6,8-11,16H,7,12-13,21-22H2,(H,25,26)/t16-,20+/m1/s1. The van der Waals surface area contributed by atoms with E-state index in [2.05, 4.69) is 0 Å². The molecule has 6 nitrogen and oxygen atoms in total. The van der Waals surface area contributed by atoms with Crippen molar-refractivity contribution in [3.63, 3.8) is 0 Å². The summed E-state index contributed by atoms with van der Waals surface area (Å²) < 4.78 is 0. The lowest BCUT2D eigenvalue weighted by molar-refractivity contribution is -0.141. The Hall–Kier alpha value is -2.83. The number of carbonyl (C=O) groups excluding carboxylic acids is 2. The van der Waals surface area contributed by atoms with Gasteiger partial charge in [-0.3, -0.25) is 9.59 Å². The summed E-state index contributed by atoms with van der Waals surface area (Å²) in [6.07, 6.45) is 0.370. The molecule has 0 aliphatic carbocycles. The van der Waals surface area contributed by atoms with Crippen LogP contribution in [0.15, 0.2) is 60.7 Å². The van der Waals surface area contributed by atoms with E-state index >= 15 is 0 Å². The van der Waals surface area contributed by atoms with Crippen LogP contribution in [-0.2, 0) is 4.79 Å². The van der Waals surface area contributed by atoms with E-state index in [9.17, 15) is 19.5 Å². The predicted molar refractivity (Wildman–Crippen MR) is 97.9 cm³/mol. The fourth-order valence-electron chi connectivity index (χ4n) is 2.71. The summed E-state index contributed by atoms with van der Waals surface area (Å²) in [5.74, 6) is -2.28. The fraction of sp³-hybridized carbons (Fsp3) is 0.250. The molecule has 0 aromatic heterocycles. The van der Waals surface area contributed by atoms with E-state index in [1.54, 1.807) is 48.5 Å². The molecular formula is C20H22N2O4. The van der Waals surface area contributed by atoms with Crippen LogP contribution in [0.25, 0.3) is 0 Å². The molecule has 0 radical (unpaired) electrons. The first-order chi connectivity index (χ1) is 12.4. The normalized spacial score (nSPS) is 14.2. The molecule has 0 spiro atoms. The van der Waals surface area contributed by atoms with Gasteiger partial charge < -0.3 is 16.6 Å². The number of hydrogen-bond acceptors (Lipinski definition) is 5. The van der Waals surface area contributed by atoms with Crippen LogP contribution in [0, 0.1) is 0 Å². The van der Waals surface area contributed by atoms with Gasteiger partial charge in [0.1, 0.15) is 0 Å². The van der Waals surface area contributed by atoms with E-state index < -0.39 is 23.3 Å². The summed E-state index contributed by atoms with van der Waals surface area (Å²) in [5.41, 5.74) is 10.5. The van der Waals surface area contributed by atoms with Gasteiger partial charge in [0, 0.05) is 11.1 Å². The molecule has 2 rings (SSSR count). The Morgan fingerprint density at radius 2 is 1.42 bits per heavy atom. The Bertz CT molecular complexity index is 777. The molecule has 6 heteroatoms. The summed E-state index contributed by atoms with van der Waals surface area (Å²) in [5, 5.41) is 9.47. The maximum absolute atomic E-state index is 12.5. The lowest BCUT2D eigenvalue weighted by atomic mass is 9.84. The van der Waals surface area contributed by atoms with Crippen molar-refractivity contribution in [2.75, 3.05) is 0 Å². The van der Waals surface area contributed by atoms with Crippen molar-refractivity contribution in [2.45, 2.75) is 30.8 Å². The monoisotopic (exact) mass is 354 g/mol. The molecule has 2 aromatic rings. The van der Waals surface area contributed by atoms with Crippen molar-refractivity contribution in [1.82, 2.24) is 0 Å². The number of carbonyl (C=O) groups is 3. The highest BCUT2D eigenvalue weighted by atomic mass is 16.4. The van der Waals surface area contributed by atoms with Crippen LogP contribution >= 0.6 is 0 Å². The number of carboxylic acids is 1. The Morgan fingerprint density at radius 1 is 0.923 bits per heavy atom. The van der Waals surface area contributed by atoms with Crippen LogP contribution in [0.3, 0.4) is 0 Å². The molecule has 0 bridgehead atoms. The molecule has 2 aromatic carbocycles. The minimum Gasteiger partial charge on any atom is -0.480 e. The Labute approximate surface area is 151 Å². The molecule has 0 saturated carbocycles. The van der Waals surface area contributed by atoms with Crippen molar-refractivity contribution >= 4 is 17.5 Å². The SMILES string of the molecule is N[C@H](CCC[C@@](N)(C(=O)O)C(=O)c1ccccc1)C(=O)c1ccccc1. The van der Waals surface area contributed by atoms with Gasteiger partial charge in [-0.15, -0.1) is 0 Å². The first-order valence-electron chi connectivity index (χ1n) is 8.33. The third kappa shape index (κ3) is 4.41. The second-order valence-electron chi connectivity index (χ2n) is 6.20. The molecule has 0 heterocycles. The molecule has 136 valence electrons. The van der Waals surface area contributed by atoms with Crippen LogP contribution in [0.4, 0.5) is 0 Å². The largest absolute Gasteiger partial charge is 0.480 e. The van der Waals surface area contributed by atoms with Gasteiger partial charge in [0.15, 0.2) is 17.1 Å². The zero-order valence-electron chi connectivity index (χ0n) is 14.3. The molecular weight excluding hydrogens is 332 g/mol. The fourth-order valence-corrected chi connectivity index (χ4v) is 2.71. The van der Waals surface area contributed by atoms with Crippen LogP contribution in [0.1, 0.15) is 40.0 Å². The van der Waals surface area contributed by atoms with Crippen LogP contribution in [0.5, 0.6) is 0 Å². The van der Waals surface area contributed by atoms with Crippen molar-refractivity contribution in [1.29, 1.82) is 0 Å². The van der Waals surface area contributed by atoms with Gasteiger partial charge in [0.2, 0.25) is 0 Å². The van der Waals surface area contributed by atoms with Crippen molar-refractivity contribution in [3.05, 3.63) is 71.8 Å². The number of benzene rings is 2. The highest BCUT2D eigenvalue weighted by Gasteiger charge is 2.42. The Morgan fingerprint density at radius 3 is 1.92 bits per heavy atom. The zero-order chi connectivity index (χ0) is 19.2. The lowest BCUT2D eigenvalue weighted by Crippen LogP contribution is -2.55. The zero-order valence-corrected chi connectivity index (χ0v) is 14.3. The van der Waals surface area contributed by atoms with Crippen LogP contribution < -0.4 is 11.5 Å². The highest BCUT2D eigenvalue weighted by molar-refractivity contribution is 6.15. The predicted octanol–water partition coefficient (Wildman–Crippen LogP) is 2.03. The summed E-state index contributed by atoms with van der Waals surface area (Å²) in [7, 11) is 0. The van der Waals surface area contributed by atoms with Gasteiger partial charge in [0.05, 0.1) is 6.04 Å². The van der Waals surface area contributed by atoms with Gasteiger partial charge in [-0.25, -0.2) is 4.79 Å². The van der Waals surface area contributed by atoms with Gasteiger partial charge in [-0.2, -0.15) is 0 Å². The smallest absolute Gasteiger partial charge is 0.331 e. The summed E-state index contributed by atoms with van der Waals surface area (Å²) >= 11 is 0. The van der Waals surface area contributed by atoms with Gasteiger partial charge in [0.25, 0.3) is 0 Å². The van der Waals surface area contributed by atoms with E-state index in [1.807, 2.05) is 0 Å². The molecule has 26 heavy (non-hydrogen) atoms. The number of aliphatic carboxylic acids is 1. The molecule has 0 aliphatic heterocycles. The van der Waals surface area contributed by atoms with Crippen LogP contribution in [0.2, 0.25) is 0 Å². The molecule has 0 unspecified atom stereocenters. The van der Waals surface area contributed by atoms with E-state index in [0.29, 0.717) is 5.56 Å². The molecule has 0 aliphatic rings. The number of rotatable bonds is 9. The minimum absolute atomic E-state index is 0.105. The van der Waals surface area contributed by atoms with E-state index in [4.69, 9.17) is 11.5 Å². The summed E-state index contributed by atoms with van der Waals surface area (Å²) in [6, 6.07) is 15.9. The maximum Gasteiger partial charge on any atom is 0.331 e. The van der Waals surface area contributed by atoms with Gasteiger partial charge in [-0.05, 0) is 19.3 Å². The van der Waals surface area contributed by atoms with Gasteiger partial charge >= 0.3 is 5.97 Å². The highest BCUT2D eigenvalue weighted by Crippen LogP contribution is 2.20. The quantitative estimate of drug-likeness (QED) is 0.468. The summed E-state index contributed by atoms with van der Waals surface area (Å²) in [6.45, 7) is 0. The second kappa shape index (κ2) is 8.51. The first-order valence-corrected chi connectivity index (χ1v) is 8.33. The molecule has 0 saturated heterocycles. The van der Waals surface area contributed by atoms with Crippen molar-refractivity contribution < 1.29 is 19.5 Å². The first kappa shape index (κ1) is 19.5. The summed E-state index contributed by atoms with van der Waals surface area (Å²) in [4.78, 5) is 36.4. The number of carboxylic acid groups (broad SMARTS) is 1.